The Kier molecular flexibility index (Phi) is 11.7. The molecule has 0 aromatic heterocycles. The summed E-state index contributed by atoms with van der Waals surface area (Å²) in [5.74, 6) is 0. The van der Waals surface area contributed by atoms with Crippen LogP contribution in [0.15, 0.2) is 0 Å². The van der Waals surface area contributed by atoms with Gasteiger partial charge in [0, 0.05) is 13.1 Å². The third-order valence-electron chi connectivity index (χ3n) is 1.13. The van der Waals surface area contributed by atoms with Crippen LogP contribution < -0.4 is 28.4 Å². The van der Waals surface area contributed by atoms with Crippen LogP contribution in [0.3, 0.4) is 0 Å². The number of hydrogen-bond donors (Lipinski definition) is 3. The van der Waals surface area contributed by atoms with E-state index in [0.717, 1.165) is 19.6 Å². The van der Waals surface area contributed by atoms with Crippen molar-refractivity contribution < 1.29 is 17.5 Å². The molecule has 0 aromatic carbocycles. The molecular formula is C6H18ClN3. The van der Waals surface area contributed by atoms with Gasteiger partial charge in [-0.2, -0.15) is 16.0 Å². The second-order valence-electron chi connectivity index (χ2n) is 1.89. The Bertz CT molecular complexity index is 55.0. The van der Waals surface area contributed by atoms with E-state index in [4.69, 9.17) is 0 Å². The lowest BCUT2D eigenvalue weighted by Crippen LogP contribution is -3.24. The Morgan fingerprint density at radius 3 is 1.60 bits per heavy atom. The van der Waals surface area contributed by atoms with Crippen molar-refractivity contribution in [1.82, 2.24) is 10.9 Å². The molecule has 4 heteroatoms. The molecule has 3 N–H and O–H groups in total. The average Bonchev–Trinajstić information content (AvgIpc) is 1.88. The van der Waals surface area contributed by atoms with Crippen molar-refractivity contribution in [3.63, 3.8) is 0 Å². The zero-order valence-electron chi connectivity index (χ0n) is 7.00. The lowest BCUT2D eigenvalue weighted by atomic mass is 10.7. The number of nitrogens with one attached hydrogen (secondary N) is 3. The lowest BCUT2D eigenvalue weighted by Gasteiger charge is -2.15. The first-order valence-electron chi connectivity index (χ1n) is 3.68. The Labute approximate surface area is 69.5 Å². The Hall–Kier alpha value is 0.170. The van der Waals surface area contributed by atoms with Crippen LogP contribution >= 0.6 is 0 Å². The quantitative estimate of drug-likeness (QED) is 0.364. The van der Waals surface area contributed by atoms with E-state index < -0.39 is 0 Å². The molecule has 0 heterocycles. The summed E-state index contributed by atoms with van der Waals surface area (Å²) >= 11 is 0. The summed E-state index contributed by atoms with van der Waals surface area (Å²) < 4.78 is 0. The SMILES string of the molecule is CCN[NH+](CC)NCC.[Cl-]. The summed E-state index contributed by atoms with van der Waals surface area (Å²) in [7, 11) is 0. The van der Waals surface area contributed by atoms with Crippen LogP contribution in [-0.2, 0) is 0 Å². The number of hydrogen-bond acceptors (Lipinski definition) is 2. The fraction of sp³-hybridized carbons (Fsp3) is 1.00. The minimum absolute atomic E-state index is 0. The second-order valence-corrected chi connectivity index (χ2v) is 1.89. The van der Waals surface area contributed by atoms with Gasteiger partial charge >= 0.3 is 0 Å². The molecule has 0 amide bonds. The maximum atomic E-state index is 3.24. The van der Waals surface area contributed by atoms with Crippen molar-refractivity contribution in [2.24, 2.45) is 0 Å². The fourth-order valence-corrected chi connectivity index (χ4v) is 0.739. The van der Waals surface area contributed by atoms with Gasteiger partial charge in [0.2, 0.25) is 0 Å². The van der Waals surface area contributed by atoms with Crippen LogP contribution in [0.1, 0.15) is 20.8 Å². The van der Waals surface area contributed by atoms with Gasteiger partial charge in [-0.15, -0.1) is 0 Å². The molecule has 0 radical (unpaired) electrons. The maximum absolute atomic E-state index is 3.24. The van der Waals surface area contributed by atoms with Crippen molar-refractivity contribution in [1.29, 1.82) is 0 Å². The van der Waals surface area contributed by atoms with Crippen molar-refractivity contribution in [2.45, 2.75) is 20.8 Å². The molecule has 3 nitrogen and oxygen atoms in total. The molecule has 0 saturated carbocycles. The van der Waals surface area contributed by atoms with E-state index in [9.17, 15) is 0 Å². The number of quaternary nitrogens is 1. The summed E-state index contributed by atoms with van der Waals surface area (Å²) in [4.78, 5) is 0. The predicted molar refractivity (Wildman–Crippen MR) is 38.9 cm³/mol. The normalized spacial score (nSPS) is 9.60. The summed E-state index contributed by atoms with van der Waals surface area (Å²) in [6, 6.07) is 0. The van der Waals surface area contributed by atoms with Crippen molar-refractivity contribution >= 4 is 0 Å². The van der Waals surface area contributed by atoms with Gasteiger partial charge in [0.1, 0.15) is 6.54 Å². The molecule has 0 fully saturated rings. The zero-order chi connectivity index (χ0) is 7.11. The van der Waals surface area contributed by atoms with Crippen molar-refractivity contribution in [3.8, 4) is 0 Å². The van der Waals surface area contributed by atoms with E-state index >= 15 is 0 Å². The van der Waals surface area contributed by atoms with E-state index in [1.54, 1.807) is 0 Å². The topological polar surface area (TPSA) is 28.5 Å². The second kappa shape index (κ2) is 9.17. The summed E-state index contributed by atoms with van der Waals surface area (Å²) in [5, 5.41) is 1.25. The van der Waals surface area contributed by atoms with E-state index in [-0.39, 0.29) is 12.4 Å². The Morgan fingerprint density at radius 2 is 1.40 bits per heavy atom. The predicted octanol–water partition coefficient (Wildman–Crippen LogP) is -4.06. The fourth-order valence-electron chi connectivity index (χ4n) is 0.739. The highest BCUT2D eigenvalue weighted by atomic mass is 35.5. The summed E-state index contributed by atoms with van der Waals surface area (Å²) in [6.45, 7) is 9.44. The maximum Gasteiger partial charge on any atom is 0.110 e. The molecule has 0 unspecified atom stereocenters. The first kappa shape index (κ1) is 12.8. The monoisotopic (exact) mass is 167 g/mol. The number of halogens is 1. The van der Waals surface area contributed by atoms with Gasteiger partial charge < -0.3 is 12.4 Å². The van der Waals surface area contributed by atoms with Gasteiger partial charge in [-0.1, -0.05) is 0 Å². The van der Waals surface area contributed by atoms with Crippen LogP contribution in [0.4, 0.5) is 0 Å². The lowest BCUT2D eigenvalue weighted by molar-refractivity contribution is -0.986. The summed E-state index contributed by atoms with van der Waals surface area (Å²) in [6.07, 6.45) is 0. The highest BCUT2D eigenvalue weighted by molar-refractivity contribution is 4.15. The molecular weight excluding hydrogens is 150 g/mol. The highest BCUT2D eigenvalue weighted by Crippen LogP contribution is 1.42. The van der Waals surface area contributed by atoms with E-state index in [0.29, 0.717) is 0 Å². The molecule has 0 bridgehead atoms. The van der Waals surface area contributed by atoms with Crippen LogP contribution in [0.25, 0.3) is 0 Å². The molecule has 0 aliphatic heterocycles. The molecule has 64 valence electrons. The van der Waals surface area contributed by atoms with Gasteiger partial charge in [-0.05, 0) is 20.8 Å². The third-order valence-corrected chi connectivity index (χ3v) is 1.13. The molecule has 0 saturated heterocycles. The van der Waals surface area contributed by atoms with Crippen molar-refractivity contribution in [3.05, 3.63) is 0 Å². The van der Waals surface area contributed by atoms with Gasteiger partial charge in [0.25, 0.3) is 0 Å². The molecule has 10 heavy (non-hydrogen) atoms. The highest BCUT2D eigenvalue weighted by Gasteiger charge is 1.97. The van der Waals surface area contributed by atoms with Gasteiger partial charge in [0.15, 0.2) is 0 Å². The zero-order valence-corrected chi connectivity index (χ0v) is 7.76. The van der Waals surface area contributed by atoms with Crippen LogP contribution in [-0.4, -0.2) is 19.6 Å². The van der Waals surface area contributed by atoms with Crippen molar-refractivity contribution in [2.75, 3.05) is 19.6 Å². The van der Waals surface area contributed by atoms with Crippen LogP contribution in [0.2, 0.25) is 0 Å². The number of rotatable bonds is 5. The van der Waals surface area contributed by atoms with Crippen LogP contribution in [0, 0.1) is 0 Å². The van der Waals surface area contributed by atoms with E-state index in [2.05, 4.69) is 31.6 Å². The minimum Gasteiger partial charge on any atom is -1.00 e. The average molecular weight is 168 g/mol. The first-order chi connectivity index (χ1) is 4.35. The van der Waals surface area contributed by atoms with E-state index in [1.165, 1.54) is 5.12 Å². The summed E-state index contributed by atoms with van der Waals surface area (Å²) in [5.41, 5.74) is 6.48. The molecule has 0 aliphatic carbocycles. The molecule has 0 spiro atoms. The molecule has 0 rings (SSSR count). The minimum atomic E-state index is 0. The third kappa shape index (κ3) is 6.29. The first-order valence-corrected chi connectivity index (χ1v) is 3.68. The Balaban J connectivity index is 0. The molecule has 0 atom stereocenters. The Morgan fingerprint density at radius 1 is 1.00 bits per heavy atom. The largest absolute Gasteiger partial charge is 1.00 e. The molecule has 0 aromatic rings. The van der Waals surface area contributed by atoms with E-state index in [1.807, 2.05) is 0 Å². The standard InChI is InChI=1S/C6H17N3.ClH/c1-4-7-9(6-3)8-5-2;/h7-8H,4-6H2,1-3H3;1H. The van der Waals surface area contributed by atoms with Gasteiger partial charge in [0.05, 0.1) is 0 Å². The molecule has 0 aliphatic rings. The van der Waals surface area contributed by atoms with Gasteiger partial charge in [-0.3, -0.25) is 0 Å². The smallest absolute Gasteiger partial charge is 0.110 e. The van der Waals surface area contributed by atoms with Crippen LogP contribution in [0.5, 0.6) is 0 Å². The van der Waals surface area contributed by atoms with Gasteiger partial charge in [-0.25, -0.2) is 0 Å².